The van der Waals surface area contributed by atoms with Crippen molar-refractivity contribution in [3.63, 3.8) is 0 Å². The summed E-state index contributed by atoms with van der Waals surface area (Å²) in [5.74, 6) is 1.36. The van der Waals surface area contributed by atoms with E-state index in [1.54, 1.807) is 0 Å². The van der Waals surface area contributed by atoms with Crippen LogP contribution in [-0.2, 0) is 11.3 Å². The molecule has 134 valence electrons. The number of para-hydroxylation sites is 1. The summed E-state index contributed by atoms with van der Waals surface area (Å²) in [6.45, 7) is 2.71. The molecule has 0 radical (unpaired) electrons. The topological polar surface area (TPSA) is 66.2 Å². The lowest BCUT2D eigenvalue weighted by atomic mass is 10.0. The number of ether oxygens (including phenoxy) is 1. The van der Waals surface area contributed by atoms with Crippen molar-refractivity contribution in [2.75, 3.05) is 26.7 Å². The van der Waals surface area contributed by atoms with Gasteiger partial charge in [-0.1, -0.05) is 18.2 Å². The molecule has 0 atom stereocenters. The van der Waals surface area contributed by atoms with Gasteiger partial charge in [0, 0.05) is 25.2 Å². The molecule has 6 nitrogen and oxygen atoms in total. The van der Waals surface area contributed by atoms with E-state index in [0.29, 0.717) is 12.0 Å². The van der Waals surface area contributed by atoms with Crippen LogP contribution in [0.15, 0.2) is 46.9 Å². The fraction of sp³-hybridized carbons (Fsp3) is 0.421. The fourth-order valence-electron chi connectivity index (χ4n) is 3.18. The highest BCUT2D eigenvalue weighted by Crippen LogP contribution is 2.25. The van der Waals surface area contributed by atoms with E-state index < -0.39 is 5.97 Å². The van der Waals surface area contributed by atoms with Gasteiger partial charge in [0.25, 0.3) is 5.95 Å². The normalized spacial score (nSPS) is 16.2. The maximum Gasteiger partial charge on any atom is 0.317 e. The van der Waals surface area contributed by atoms with E-state index in [-0.39, 0.29) is 6.54 Å². The van der Waals surface area contributed by atoms with Crippen molar-refractivity contribution in [3.05, 3.63) is 48.2 Å². The zero-order valence-corrected chi connectivity index (χ0v) is 14.4. The van der Waals surface area contributed by atoms with Gasteiger partial charge >= 0.3 is 5.97 Å². The molecular weight excluding hydrogens is 320 g/mol. The summed E-state index contributed by atoms with van der Waals surface area (Å²) < 4.78 is 11.5. The maximum atomic E-state index is 10.8. The zero-order chi connectivity index (χ0) is 17.6. The minimum atomic E-state index is -0.772. The van der Waals surface area contributed by atoms with Crippen molar-refractivity contribution in [1.29, 1.82) is 0 Å². The molecule has 0 aliphatic carbocycles. The lowest BCUT2D eigenvalue weighted by Gasteiger charge is -2.35. The summed E-state index contributed by atoms with van der Waals surface area (Å²) >= 11 is 0. The molecule has 1 aromatic heterocycles. The monoisotopic (exact) mass is 344 g/mol. The van der Waals surface area contributed by atoms with Crippen LogP contribution < -0.4 is 4.74 Å². The van der Waals surface area contributed by atoms with Gasteiger partial charge in [-0.05, 0) is 38.1 Å². The molecule has 0 spiro atoms. The van der Waals surface area contributed by atoms with Crippen LogP contribution in [0.2, 0.25) is 0 Å². The molecule has 2 aromatic rings. The average molecular weight is 344 g/mol. The number of likely N-dealkylation sites (N-methyl/N-ethyl adjacent to an activating group) is 1. The van der Waals surface area contributed by atoms with Crippen LogP contribution in [0.25, 0.3) is 0 Å². The number of likely N-dealkylation sites (tertiary alicyclic amines) is 1. The number of nitrogens with zero attached hydrogens (tertiary/aromatic N) is 2. The number of aliphatic carboxylic acids is 1. The van der Waals surface area contributed by atoms with E-state index in [9.17, 15) is 4.79 Å². The minimum absolute atomic E-state index is 0.100. The first-order valence-electron chi connectivity index (χ1n) is 8.56. The summed E-state index contributed by atoms with van der Waals surface area (Å²) in [4.78, 5) is 15.1. The Labute approximate surface area is 147 Å². The van der Waals surface area contributed by atoms with Crippen molar-refractivity contribution >= 4 is 5.97 Å². The number of hydrogen-bond donors (Lipinski definition) is 1. The SMILES string of the molecule is CN(CC(=O)O)C1CCN(Cc2ccc(Oc3ccccc3)o2)CC1. The van der Waals surface area contributed by atoms with E-state index in [1.165, 1.54) is 0 Å². The smallest absolute Gasteiger partial charge is 0.317 e. The first-order valence-corrected chi connectivity index (χ1v) is 8.56. The third kappa shape index (κ3) is 5.08. The second-order valence-corrected chi connectivity index (χ2v) is 6.45. The Balaban J connectivity index is 1.47. The number of rotatable bonds is 7. The number of benzene rings is 1. The summed E-state index contributed by atoms with van der Waals surface area (Å²) in [6, 6.07) is 13.7. The molecule has 3 rings (SSSR count). The van der Waals surface area contributed by atoms with Gasteiger partial charge in [0.1, 0.15) is 11.5 Å². The first-order chi connectivity index (χ1) is 12.1. The standard InChI is InChI=1S/C19H24N2O4/c1-20(14-18(22)23)15-9-11-21(12-10-15)13-17-7-8-19(25-17)24-16-5-3-2-4-6-16/h2-8,15H,9-14H2,1H3,(H,22,23). The van der Waals surface area contributed by atoms with Crippen molar-refractivity contribution in [3.8, 4) is 11.7 Å². The van der Waals surface area contributed by atoms with Crippen LogP contribution in [0.3, 0.4) is 0 Å². The van der Waals surface area contributed by atoms with Crippen molar-refractivity contribution in [1.82, 2.24) is 9.80 Å². The number of piperidine rings is 1. The van der Waals surface area contributed by atoms with Gasteiger partial charge in [-0.25, -0.2) is 0 Å². The number of carboxylic acids is 1. The molecule has 0 unspecified atom stereocenters. The summed E-state index contributed by atoms with van der Waals surface area (Å²) in [6.07, 6.45) is 1.94. The van der Waals surface area contributed by atoms with Crippen molar-refractivity contribution in [2.45, 2.75) is 25.4 Å². The van der Waals surface area contributed by atoms with Crippen LogP contribution in [0, 0.1) is 0 Å². The second kappa shape index (κ2) is 8.18. The Morgan fingerprint density at radius 1 is 1.24 bits per heavy atom. The van der Waals surface area contributed by atoms with E-state index in [4.69, 9.17) is 14.3 Å². The van der Waals surface area contributed by atoms with Gasteiger partial charge in [0.15, 0.2) is 0 Å². The first kappa shape index (κ1) is 17.5. The van der Waals surface area contributed by atoms with Crippen LogP contribution in [-0.4, -0.2) is 53.6 Å². The third-order valence-electron chi connectivity index (χ3n) is 4.54. The Hall–Kier alpha value is -2.31. The number of carbonyl (C=O) groups is 1. The molecule has 1 N–H and O–H groups in total. The van der Waals surface area contributed by atoms with Crippen molar-refractivity contribution < 1.29 is 19.1 Å². The van der Waals surface area contributed by atoms with E-state index >= 15 is 0 Å². The minimum Gasteiger partial charge on any atom is -0.480 e. The summed E-state index contributed by atoms with van der Waals surface area (Å²) in [5, 5.41) is 8.89. The molecular formula is C19H24N2O4. The molecule has 1 aliphatic rings. The molecule has 0 bridgehead atoms. The lowest BCUT2D eigenvalue weighted by Crippen LogP contribution is -2.44. The number of hydrogen-bond acceptors (Lipinski definition) is 5. The highest BCUT2D eigenvalue weighted by atomic mass is 16.6. The Kier molecular flexibility index (Phi) is 5.73. The van der Waals surface area contributed by atoms with Gasteiger partial charge in [-0.3, -0.25) is 14.6 Å². The van der Waals surface area contributed by atoms with Gasteiger partial charge in [-0.2, -0.15) is 0 Å². The van der Waals surface area contributed by atoms with Crippen LogP contribution in [0.5, 0.6) is 11.7 Å². The van der Waals surface area contributed by atoms with E-state index in [0.717, 1.165) is 44.0 Å². The van der Waals surface area contributed by atoms with E-state index in [1.807, 2.05) is 54.4 Å². The third-order valence-corrected chi connectivity index (χ3v) is 4.54. The van der Waals surface area contributed by atoms with Crippen LogP contribution in [0.1, 0.15) is 18.6 Å². The average Bonchev–Trinajstić information content (AvgIpc) is 3.02. The summed E-state index contributed by atoms with van der Waals surface area (Å²) in [7, 11) is 1.88. The van der Waals surface area contributed by atoms with Crippen LogP contribution >= 0.6 is 0 Å². The second-order valence-electron chi connectivity index (χ2n) is 6.45. The molecule has 2 heterocycles. The highest BCUT2D eigenvalue weighted by Gasteiger charge is 2.24. The van der Waals surface area contributed by atoms with Gasteiger partial charge in [-0.15, -0.1) is 0 Å². The largest absolute Gasteiger partial charge is 0.480 e. The molecule has 0 amide bonds. The van der Waals surface area contributed by atoms with Crippen LogP contribution in [0.4, 0.5) is 0 Å². The molecule has 0 saturated carbocycles. The molecule has 1 saturated heterocycles. The molecule has 25 heavy (non-hydrogen) atoms. The molecule has 1 fully saturated rings. The molecule has 1 aliphatic heterocycles. The molecule has 6 heteroatoms. The maximum absolute atomic E-state index is 10.8. The Morgan fingerprint density at radius 2 is 1.96 bits per heavy atom. The number of furan rings is 1. The van der Waals surface area contributed by atoms with Gasteiger partial charge < -0.3 is 14.3 Å². The van der Waals surface area contributed by atoms with Gasteiger partial charge in [0.2, 0.25) is 0 Å². The number of carboxylic acid groups (broad SMARTS) is 1. The van der Waals surface area contributed by atoms with Gasteiger partial charge in [0.05, 0.1) is 13.1 Å². The quantitative estimate of drug-likeness (QED) is 0.833. The highest BCUT2D eigenvalue weighted by molar-refractivity contribution is 5.69. The Bertz CT molecular complexity index is 678. The Morgan fingerprint density at radius 3 is 2.64 bits per heavy atom. The molecule has 1 aromatic carbocycles. The predicted molar refractivity (Wildman–Crippen MR) is 93.8 cm³/mol. The van der Waals surface area contributed by atoms with E-state index in [2.05, 4.69) is 4.90 Å². The fourth-order valence-corrected chi connectivity index (χ4v) is 3.18. The predicted octanol–water partition coefficient (Wildman–Crippen LogP) is 3.05. The zero-order valence-electron chi connectivity index (χ0n) is 14.4. The van der Waals surface area contributed by atoms with Crippen molar-refractivity contribution in [2.24, 2.45) is 0 Å². The summed E-state index contributed by atoms with van der Waals surface area (Å²) in [5.41, 5.74) is 0. The lowest BCUT2D eigenvalue weighted by molar-refractivity contribution is -0.138.